The minimum absolute atomic E-state index is 0.172. The molecule has 0 spiro atoms. The molecule has 1 aliphatic rings. The topological polar surface area (TPSA) is 122 Å². The van der Waals surface area contributed by atoms with Crippen molar-refractivity contribution in [3.63, 3.8) is 0 Å². The molecule has 9 nitrogen and oxygen atoms in total. The van der Waals surface area contributed by atoms with E-state index in [1.165, 1.54) is 13.1 Å². The maximum atomic E-state index is 12.2. The zero-order valence-electron chi connectivity index (χ0n) is 16.9. The Hall–Kier alpha value is -3.12. The van der Waals surface area contributed by atoms with E-state index < -0.39 is 18.5 Å². The molecule has 0 bridgehead atoms. The number of carbonyl (C=O) groups excluding carboxylic acids is 3. The number of esters is 1. The van der Waals surface area contributed by atoms with E-state index in [0.29, 0.717) is 0 Å². The van der Waals surface area contributed by atoms with Crippen LogP contribution in [-0.4, -0.2) is 55.3 Å². The molecule has 1 aromatic heterocycles. The molecule has 1 atom stereocenters. The van der Waals surface area contributed by atoms with Crippen LogP contribution in [0.5, 0.6) is 0 Å². The molecule has 1 saturated heterocycles. The first-order valence-electron chi connectivity index (χ1n) is 9.40. The maximum Gasteiger partial charge on any atom is 0.349 e. The highest BCUT2D eigenvalue weighted by Crippen LogP contribution is 2.22. The third kappa shape index (κ3) is 6.19. The smallest absolute Gasteiger partial charge is 0.349 e. The zero-order chi connectivity index (χ0) is 21.4. The van der Waals surface area contributed by atoms with Crippen LogP contribution >= 0.6 is 0 Å². The summed E-state index contributed by atoms with van der Waals surface area (Å²) in [6, 6.07) is 3.71. The van der Waals surface area contributed by atoms with Gasteiger partial charge in [-0.1, -0.05) is 0 Å². The summed E-state index contributed by atoms with van der Waals surface area (Å²) in [7, 11) is 1.44. The van der Waals surface area contributed by atoms with Crippen LogP contribution in [0.1, 0.15) is 29.8 Å². The molecule has 0 aromatic carbocycles. The lowest BCUT2D eigenvalue weighted by Crippen LogP contribution is -2.37. The summed E-state index contributed by atoms with van der Waals surface area (Å²) >= 11 is 0. The molecule has 1 aromatic rings. The number of aromatic nitrogens is 1. The van der Waals surface area contributed by atoms with Gasteiger partial charge in [0.1, 0.15) is 11.6 Å². The van der Waals surface area contributed by atoms with Crippen molar-refractivity contribution in [2.24, 2.45) is 0 Å². The van der Waals surface area contributed by atoms with E-state index in [0.717, 1.165) is 42.9 Å². The Labute approximate surface area is 169 Å². The number of nitriles is 1. The molecule has 0 aliphatic carbocycles. The van der Waals surface area contributed by atoms with Crippen LogP contribution in [0, 0.1) is 25.2 Å². The summed E-state index contributed by atoms with van der Waals surface area (Å²) in [5, 5.41) is 14.0. The molecule has 2 rings (SSSR count). The Morgan fingerprint density at radius 2 is 2.14 bits per heavy atom. The fourth-order valence-electron chi connectivity index (χ4n) is 3.07. The molecular formula is C20H26N4O5. The fraction of sp³-hybridized carbons (Fsp3) is 0.500. The van der Waals surface area contributed by atoms with Crippen molar-refractivity contribution in [1.29, 1.82) is 5.26 Å². The zero-order valence-corrected chi connectivity index (χ0v) is 16.9. The monoisotopic (exact) mass is 402 g/mol. The first-order chi connectivity index (χ1) is 13.8. The molecule has 156 valence electrons. The van der Waals surface area contributed by atoms with Crippen molar-refractivity contribution in [2.45, 2.75) is 39.3 Å². The van der Waals surface area contributed by atoms with Crippen LogP contribution in [0.15, 0.2) is 11.6 Å². The molecule has 1 aliphatic heterocycles. The van der Waals surface area contributed by atoms with Gasteiger partial charge in [-0.15, -0.1) is 0 Å². The van der Waals surface area contributed by atoms with Crippen LogP contribution in [-0.2, 0) is 30.4 Å². The lowest BCUT2D eigenvalue weighted by Gasteiger charge is -2.14. The van der Waals surface area contributed by atoms with E-state index in [1.54, 1.807) is 0 Å². The summed E-state index contributed by atoms with van der Waals surface area (Å²) < 4.78 is 12.7. The minimum Gasteiger partial charge on any atom is -0.451 e. The number of nitrogens with zero attached hydrogens (tertiary/aromatic N) is 2. The van der Waals surface area contributed by atoms with Crippen molar-refractivity contribution in [2.75, 3.05) is 26.8 Å². The number of amides is 2. The molecule has 29 heavy (non-hydrogen) atoms. The summed E-state index contributed by atoms with van der Waals surface area (Å²) in [5.41, 5.74) is 2.45. The Morgan fingerprint density at radius 1 is 1.38 bits per heavy atom. The molecule has 2 N–H and O–H groups in total. The first kappa shape index (κ1) is 22.2. The SMILES string of the molecule is CNC(=O)CNC(=O)COC(=O)/C(C#N)=C/c1cc(C)n(C[C@@H]2CCCO2)c1C. The van der Waals surface area contributed by atoms with Gasteiger partial charge < -0.3 is 24.7 Å². The van der Waals surface area contributed by atoms with Crippen LogP contribution < -0.4 is 10.6 Å². The maximum absolute atomic E-state index is 12.2. The van der Waals surface area contributed by atoms with E-state index >= 15 is 0 Å². The van der Waals surface area contributed by atoms with Crippen molar-refractivity contribution in [3.05, 3.63) is 28.6 Å². The minimum atomic E-state index is -0.897. The van der Waals surface area contributed by atoms with Crippen LogP contribution in [0.25, 0.3) is 6.08 Å². The predicted octanol–water partition coefficient (Wildman–Crippen LogP) is 0.596. The predicted molar refractivity (Wildman–Crippen MR) is 105 cm³/mol. The number of ether oxygens (including phenoxy) is 2. The molecule has 2 heterocycles. The lowest BCUT2D eigenvalue weighted by atomic mass is 10.1. The Morgan fingerprint density at radius 3 is 2.76 bits per heavy atom. The van der Waals surface area contributed by atoms with E-state index in [4.69, 9.17) is 9.47 Å². The van der Waals surface area contributed by atoms with Gasteiger partial charge in [0.15, 0.2) is 6.61 Å². The van der Waals surface area contributed by atoms with Crippen molar-refractivity contribution >= 4 is 23.9 Å². The highest BCUT2D eigenvalue weighted by Gasteiger charge is 2.20. The van der Waals surface area contributed by atoms with Gasteiger partial charge >= 0.3 is 5.97 Å². The summed E-state index contributed by atoms with van der Waals surface area (Å²) in [6.45, 7) is 4.58. The van der Waals surface area contributed by atoms with Crippen molar-refractivity contribution in [3.8, 4) is 6.07 Å². The van der Waals surface area contributed by atoms with E-state index in [1.807, 2.05) is 26.0 Å². The quantitative estimate of drug-likeness (QED) is 0.373. The van der Waals surface area contributed by atoms with Gasteiger partial charge in [-0.2, -0.15) is 5.26 Å². The number of carbonyl (C=O) groups is 3. The summed E-state index contributed by atoms with van der Waals surface area (Å²) in [6.07, 6.45) is 3.70. The van der Waals surface area contributed by atoms with Gasteiger partial charge in [0, 0.05) is 31.6 Å². The molecule has 0 unspecified atom stereocenters. The van der Waals surface area contributed by atoms with E-state index in [-0.39, 0.29) is 24.1 Å². The average molecular weight is 402 g/mol. The number of nitrogens with one attached hydrogen (secondary N) is 2. The summed E-state index contributed by atoms with van der Waals surface area (Å²) in [5.74, 6) is -1.90. The Bertz CT molecular complexity index is 844. The Kier molecular flexibility index (Phi) is 7.98. The van der Waals surface area contributed by atoms with Gasteiger partial charge in [-0.05, 0) is 44.4 Å². The standard InChI is InChI=1S/C20H26N4O5/c1-13-7-15(14(2)24(13)11-17-5-4-6-28-17)8-16(9-21)20(27)29-12-19(26)23-10-18(25)22-3/h7-8,17H,4-6,10-12H2,1-3H3,(H,22,25)(H,23,26)/b16-8+/t17-/m0/s1. The molecular weight excluding hydrogens is 376 g/mol. The van der Waals surface area contributed by atoms with Gasteiger partial charge in [-0.3, -0.25) is 9.59 Å². The number of hydrogen-bond acceptors (Lipinski definition) is 6. The van der Waals surface area contributed by atoms with Crippen molar-refractivity contribution < 1.29 is 23.9 Å². The largest absolute Gasteiger partial charge is 0.451 e. The molecule has 0 saturated carbocycles. The lowest BCUT2D eigenvalue weighted by molar-refractivity contribution is -0.144. The van der Waals surface area contributed by atoms with Crippen LogP contribution in [0.2, 0.25) is 0 Å². The van der Waals surface area contributed by atoms with Crippen LogP contribution in [0.4, 0.5) is 0 Å². The first-order valence-corrected chi connectivity index (χ1v) is 9.40. The third-order valence-corrected chi connectivity index (χ3v) is 4.72. The van der Waals surface area contributed by atoms with Gasteiger partial charge in [-0.25, -0.2) is 4.79 Å². The molecule has 2 amide bonds. The van der Waals surface area contributed by atoms with E-state index in [9.17, 15) is 19.6 Å². The highest BCUT2D eigenvalue weighted by atomic mass is 16.5. The van der Waals surface area contributed by atoms with Crippen LogP contribution in [0.3, 0.4) is 0 Å². The molecule has 9 heteroatoms. The second-order valence-corrected chi connectivity index (χ2v) is 6.77. The third-order valence-electron chi connectivity index (χ3n) is 4.72. The average Bonchev–Trinajstić information content (AvgIpc) is 3.32. The highest BCUT2D eigenvalue weighted by molar-refractivity contribution is 5.99. The van der Waals surface area contributed by atoms with Crippen molar-refractivity contribution in [1.82, 2.24) is 15.2 Å². The van der Waals surface area contributed by atoms with Gasteiger partial charge in [0.25, 0.3) is 5.91 Å². The second kappa shape index (κ2) is 10.4. The number of aryl methyl sites for hydroxylation is 1. The fourth-order valence-corrected chi connectivity index (χ4v) is 3.07. The van der Waals surface area contributed by atoms with Gasteiger partial charge in [0.2, 0.25) is 5.91 Å². The number of likely N-dealkylation sites (N-methyl/N-ethyl adjacent to an activating group) is 1. The molecule has 1 fully saturated rings. The normalized spacial score (nSPS) is 16.2. The summed E-state index contributed by atoms with van der Waals surface area (Å²) in [4.78, 5) is 34.9. The molecule has 0 radical (unpaired) electrons. The number of hydrogen-bond donors (Lipinski definition) is 2. The Balaban J connectivity index is 2.01. The van der Waals surface area contributed by atoms with E-state index in [2.05, 4.69) is 15.2 Å². The second-order valence-electron chi connectivity index (χ2n) is 6.77. The van der Waals surface area contributed by atoms with Gasteiger partial charge in [0.05, 0.1) is 12.6 Å². The number of rotatable bonds is 8.